The van der Waals surface area contributed by atoms with E-state index in [4.69, 9.17) is 0 Å². The molecule has 0 aliphatic heterocycles. The molecule has 18 heavy (non-hydrogen) atoms. The molecule has 0 aromatic carbocycles. The second-order valence-electron chi connectivity index (χ2n) is 5.70. The summed E-state index contributed by atoms with van der Waals surface area (Å²) in [6, 6.07) is 2.60. The average molecular weight is 247 g/mol. The van der Waals surface area contributed by atoms with Crippen molar-refractivity contribution in [2.75, 3.05) is 6.54 Å². The third kappa shape index (κ3) is 2.80. The molecule has 2 aliphatic carbocycles. The first kappa shape index (κ1) is 11.9. The summed E-state index contributed by atoms with van der Waals surface area (Å²) >= 11 is 0. The van der Waals surface area contributed by atoms with Gasteiger partial charge in [-0.3, -0.25) is 4.57 Å². The molecule has 0 saturated heterocycles. The minimum Gasteiger partial charge on any atom is -0.312 e. The van der Waals surface area contributed by atoms with Crippen molar-refractivity contribution in [3.63, 3.8) is 0 Å². The van der Waals surface area contributed by atoms with Crippen LogP contribution in [0.15, 0.2) is 17.1 Å². The van der Waals surface area contributed by atoms with Gasteiger partial charge in [-0.1, -0.05) is 0 Å². The molecule has 1 aromatic heterocycles. The zero-order chi connectivity index (χ0) is 12.5. The van der Waals surface area contributed by atoms with Gasteiger partial charge in [0.2, 0.25) is 0 Å². The first-order valence-corrected chi connectivity index (χ1v) is 7.01. The van der Waals surface area contributed by atoms with Gasteiger partial charge in [-0.25, -0.2) is 4.79 Å². The lowest BCUT2D eigenvalue weighted by Gasteiger charge is -2.17. The number of hydrogen-bond acceptors (Lipinski definition) is 3. The molecule has 0 bridgehead atoms. The van der Waals surface area contributed by atoms with Crippen LogP contribution in [-0.2, 0) is 6.54 Å². The lowest BCUT2D eigenvalue weighted by Crippen LogP contribution is -2.37. The fraction of sp³-hybridized carbons (Fsp3) is 0.714. The average Bonchev–Trinajstić information content (AvgIpc) is 3.20. The van der Waals surface area contributed by atoms with Gasteiger partial charge in [0.15, 0.2) is 0 Å². The lowest BCUT2D eigenvalue weighted by molar-refractivity contribution is 0.404. The van der Waals surface area contributed by atoms with Crippen LogP contribution in [0.2, 0.25) is 0 Å². The van der Waals surface area contributed by atoms with Gasteiger partial charge < -0.3 is 5.32 Å². The molecule has 2 fully saturated rings. The molecule has 4 nitrogen and oxygen atoms in total. The summed E-state index contributed by atoms with van der Waals surface area (Å²) in [7, 11) is 0. The van der Waals surface area contributed by atoms with Crippen LogP contribution in [0.1, 0.15) is 31.4 Å². The van der Waals surface area contributed by atoms with E-state index in [2.05, 4.69) is 10.3 Å². The Hall–Kier alpha value is -1.16. The summed E-state index contributed by atoms with van der Waals surface area (Å²) in [6.45, 7) is 3.45. The van der Waals surface area contributed by atoms with Crippen LogP contribution in [0.3, 0.4) is 0 Å². The third-order valence-corrected chi connectivity index (χ3v) is 4.01. The molecule has 0 unspecified atom stereocenters. The van der Waals surface area contributed by atoms with Gasteiger partial charge in [0.05, 0.1) is 0 Å². The predicted octanol–water partition coefficient (Wildman–Crippen LogP) is 1.33. The summed E-state index contributed by atoms with van der Waals surface area (Å²) in [5, 5.41) is 3.65. The Morgan fingerprint density at radius 2 is 2.06 bits per heavy atom. The SMILES string of the molecule is Cc1ccn(CCNC(C2CC2)C2CC2)c(=O)n1. The van der Waals surface area contributed by atoms with Crippen molar-refractivity contribution >= 4 is 0 Å². The molecular weight excluding hydrogens is 226 g/mol. The van der Waals surface area contributed by atoms with Crippen LogP contribution in [0.5, 0.6) is 0 Å². The van der Waals surface area contributed by atoms with Gasteiger partial charge in [0.1, 0.15) is 0 Å². The topological polar surface area (TPSA) is 46.9 Å². The zero-order valence-corrected chi connectivity index (χ0v) is 10.9. The maximum Gasteiger partial charge on any atom is 0.347 e. The summed E-state index contributed by atoms with van der Waals surface area (Å²) in [5.74, 6) is 1.82. The standard InChI is InChI=1S/C14H21N3O/c1-10-6-8-17(14(18)16-10)9-7-15-13(11-2-3-11)12-4-5-12/h6,8,11-13,15H,2-5,7,9H2,1H3. The second-order valence-corrected chi connectivity index (χ2v) is 5.70. The number of nitrogens with one attached hydrogen (secondary N) is 1. The van der Waals surface area contributed by atoms with Gasteiger partial charge in [0, 0.05) is 31.0 Å². The highest BCUT2D eigenvalue weighted by Crippen LogP contribution is 2.44. The lowest BCUT2D eigenvalue weighted by atomic mass is 10.1. The second kappa shape index (κ2) is 4.84. The normalized spacial score (nSPS) is 19.4. The molecule has 1 N–H and O–H groups in total. The molecule has 0 radical (unpaired) electrons. The Morgan fingerprint density at radius 1 is 1.39 bits per heavy atom. The maximum atomic E-state index is 11.6. The first-order chi connectivity index (χ1) is 8.74. The number of nitrogens with zero attached hydrogens (tertiary/aromatic N) is 2. The van der Waals surface area contributed by atoms with E-state index >= 15 is 0 Å². The highest BCUT2D eigenvalue weighted by Gasteiger charge is 2.40. The Morgan fingerprint density at radius 3 is 2.61 bits per heavy atom. The molecule has 98 valence electrons. The smallest absolute Gasteiger partial charge is 0.312 e. The largest absolute Gasteiger partial charge is 0.347 e. The van der Waals surface area contributed by atoms with E-state index in [-0.39, 0.29) is 5.69 Å². The Balaban J connectivity index is 1.52. The number of rotatable bonds is 6. The quantitative estimate of drug-likeness (QED) is 0.825. The van der Waals surface area contributed by atoms with E-state index in [0.717, 1.165) is 30.6 Å². The minimum absolute atomic E-state index is 0.133. The molecule has 2 saturated carbocycles. The Bertz CT molecular complexity index is 462. The summed E-state index contributed by atoms with van der Waals surface area (Å²) < 4.78 is 1.69. The fourth-order valence-electron chi connectivity index (χ4n) is 2.66. The van der Waals surface area contributed by atoms with E-state index < -0.39 is 0 Å². The van der Waals surface area contributed by atoms with Crippen molar-refractivity contribution in [2.24, 2.45) is 11.8 Å². The number of hydrogen-bond donors (Lipinski definition) is 1. The highest BCUT2D eigenvalue weighted by molar-refractivity contribution is 4.97. The fourth-order valence-corrected chi connectivity index (χ4v) is 2.66. The van der Waals surface area contributed by atoms with Crippen molar-refractivity contribution in [1.29, 1.82) is 0 Å². The van der Waals surface area contributed by atoms with E-state index in [1.165, 1.54) is 25.7 Å². The van der Waals surface area contributed by atoms with E-state index in [1.807, 2.05) is 19.2 Å². The van der Waals surface area contributed by atoms with Crippen LogP contribution in [0, 0.1) is 18.8 Å². The van der Waals surface area contributed by atoms with Crippen molar-refractivity contribution in [3.8, 4) is 0 Å². The van der Waals surface area contributed by atoms with Crippen LogP contribution in [-0.4, -0.2) is 22.1 Å². The molecule has 0 atom stereocenters. The molecule has 4 heteroatoms. The number of aryl methyl sites for hydroxylation is 1. The van der Waals surface area contributed by atoms with Crippen molar-refractivity contribution in [1.82, 2.24) is 14.9 Å². The number of aromatic nitrogens is 2. The Labute approximate surface area is 107 Å². The molecule has 1 aromatic rings. The van der Waals surface area contributed by atoms with Gasteiger partial charge >= 0.3 is 5.69 Å². The molecule has 2 aliphatic rings. The summed E-state index contributed by atoms with van der Waals surface area (Å²) in [4.78, 5) is 15.6. The van der Waals surface area contributed by atoms with Gasteiger partial charge in [0.25, 0.3) is 0 Å². The van der Waals surface area contributed by atoms with Gasteiger partial charge in [-0.15, -0.1) is 0 Å². The Kier molecular flexibility index (Phi) is 3.20. The van der Waals surface area contributed by atoms with Crippen molar-refractivity contribution in [3.05, 3.63) is 28.4 Å². The van der Waals surface area contributed by atoms with Crippen LogP contribution < -0.4 is 11.0 Å². The van der Waals surface area contributed by atoms with Crippen LogP contribution in [0.4, 0.5) is 0 Å². The first-order valence-electron chi connectivity index (χ1n) is 7.01. The van der Waals surface area contributed by atoms with Crippen LogP contribution >= 0.6 is 0 Å². The summed E-state index contributed by atoms with van der Waals surface area (Å²) in [6.07, 6.45) is 7.40. The van der Waals surface area contributed by atoms with Crippen molar-refractivity contribution < 1.29 is 0 Å². The van der Waals surface area contributed by atoms with Gasteiger partial charge in [-0.05, 0) is 50.5 Å². The van der Waals surface area contributed by atoms with E-state index in [9.17, 15) is 4.79 Å². The molecule has 1 heterocycles. The highest BCUT2D eigenvalue weighted by atomic mass is 16.1. The van der Waals surface area contributed by atoms with E-state index in [0.29, 0.717) is 6.04 Å². The monoisotopic (exact) mass is 247 g/mol. The molecule has 0 spiro atoms. The molecule has 3 rings (SSSR count). The third-order valence-electron chi connectivity index (χ3n) is 4.01. The zero-order valence-electron chi connectivity index (χ0n) is 10.9. The van der Waals surface area contributed by atoms with Crippen LogP contribution in [0.25, 0.3) is 0 Å². The molecule has 0 amide bonds. The van der Waals surface area contributed by atoms with Crippen molar-refractivity contribution in [2.45, 2.75) is 45.2 Å². The minimum atomic E-state index is -0.133. The maximum absolute atomic E-state index is 11.6. The molecular formula is C14H21N3O. The van der Waals surface area contributed by atoms with Gasteiger partial charge in [-0.2, -0.15) is 4.98 Å². The van der Waals surface area contributed by atoms with E-state index in [1.54, 1.807) is 4.57 Å². The predicted molar refractivity (Wildman–Crippen MR) is 70.5 cm³/mol. The summed E-state index contributed by atoms with van der Waals surface area (Å²) in [5.41, 5.74) is 0.657.